The summed E-state index contributed by atoms with van der Waals surface area (Å²) in [4.78, 5) is 26.7. The number of piperidine rings is 1. The lowest BCUT2D eigenvalue weighted by Gasteiger charge is -2.38. The number of Topliss-reactive ketones (excluding diaryl/α,β-unsaturated/α-hetero) is 1. The Balaban J connectivity index is 1.56. The van der Waals surface area contributed by atoms with Gasteiger partial charge in [-0.1, -0.05) is 23.2 Å². The van der Waals surface area contributed by atoms with Crippen molar-refractivity contribution >= 4 is 61.8 Å². The lowest BCUT2D eigenvalue weighted by atomic mass is 9.85. The zero-order valence-corrected chi connectivity index (χ0v) is 17.9. The van der Waals surface area contributed by atoms with E-state index in [0.717, 1.165) is 11.6 Å². The Morgan fingerprint density at radius 1 is 1.36 bits per heavy atom. The maximum atomic E-state index is 13.3. The van der Waals surface area contributed by atoms with Crippen LogP contribution in [0.4, 0.5) is 10.2 Å². The molecule has 3 aromatic rings. The molecule has 0 saturated carbocycles. The van der Waals surface area contributed by atoms with E-state index >= 15 is 0 Å². The molecule has 146 valence electrons. The van der Waals surface area contributed by atoms with E-state index in [1.54, 1.807) is 12.3 Å². The van der Waals surface area contributed by atoms with Crippen LogP contribution in [0.5, 0.6) is 0 Å². The summed E-state index contributed by atoms with van der Waals surface area (Å²) in [7, 11) is 0. The van der Waals surface area contributed by atoms with Gasteiger partial charge in [-0.05, 0) is 47.8 Å². The van der Waals surface area contributed by atoms with Crippen LogP contribution < -0.4 is 4.90 Å². The van der Waals surface area contributed by atoms with E-state index in [0.29, 0.717) is 46.0 Å². The molecule has 0 amide bonds. The number of nitrogens with zero attached hydrogens (tertiary/aromatic N) is 3. The molecular formula is C19H16BrCl2FN4O. The van der Waals surface area contributed by atoms with Crippen LogP contribution in [0.15, 0.2) is 29.1 Å². The lowest BCUT2D eigenvalue weighted by Crippen LogP contribution is -2.43. The van der Waals surface area contributed by atoms with Crippen LogP contribution in [0.3, 0.4) is 0 Å². The van der Waals surface area contributed by atoms with Crippen molar-refractivity contribution in [3.05, 3.63) is 50.6 Å². The van der Waals surface area contributed by atoms with Crippen molar-refractivity contribution in [2.45, 2.75) is 25.8 Å². The number of rotatable bonds is 3. The molecule has 1 aliphatic heterocycles. The lowest BCUT2D eigenvalue weighted by molar-refractivity contribution is 0.0892. The van der Waals surface area contributed by atoms with Gasteiger partial charge in [0.25, 0.3) is 0 Å². The number of hydrogen-bond acceptors (Lipinski definition) is 4. The third-order valence-electron chi connectivity index (χ3n) is 5.15. The Bertz CT molecular complexity index is 1070. The van der Waals surface area contributed by atoms with Crippen molar-refractivity contribution < 1.29 is 9.18 Å². The number of nitrogens with one attached hydrogen (secondary N) is 1. The quantitative estimate of drug-likeness (QED) is 0.384. The molecule has 1 aliphatic rings. The molecule has 5 nitrogen and oxygen atoms in total. The topological polar surface area (TPSA) is 61.9 Å². The van der Waals surface area contributed by atoms with Crippen LogP contribution in [-0.4, -0.2) is 33.3 Å². The minimum atomic E-state index is -0.468. The minimum Gasteiger partial charge on any atom is -0.353 e. The van der Waals surface area contributed by atoms with Gasteiger partial charge < -0.3 is 9.88 Å². The molecule has 2 atom stereocenters. The van der Waals surface area contributed by atoms with Crippen molar-refractivity contribution in [3.63, 3.8) is 0 Å². The van der Waals surface area contributed by atoms with Gasteiger partial charge in [-0.25, -0.2) is 14.4 Å². The molecule has 0 radical (unpaired) electrons. The second-order valence-corrected chi connectivity index (χ2v) is 8.51. The van der Waals surface area contributed by atoms with E-state index in [9.17, 15) is 9.18 Å². The van der Waals surface area contributed by atoms with Gasteiger partial charge in [-0.15, -0.1) is 0 Å². The number of fused-ring (bicyclic) bond motifs is 1. The van der Waals surface area contributed by atoms with Crippen LogP contribution in [0, 0.1) is 11.7 Å². The second-order valence-electron chi connectivity index (χ2n) is 6.95. The Morgan fingerprint density at radius 2 is 2.14 bits per heavy atom. The van der Waals surface area contributed by atoms with Gasteiger partial charge >= 0.3 is 0 Å². The van der Waals surface area contributed by atoms with E-state index in [1.807, 2.05) is 11.8 Å². The fourth-order valence-corrected chi connectivity index (χ4v) is 4.47. The molecule has 1 fully saturated rings. The average molecular weight is 486 g/mol. The zero-order chi connectivity index (χ0) is 20.0. The van der Waals surface area contributed by atoms with Gasteiger partial charge in [0.2, 0.25) is 0 Å². The molecule has 0 aromatic carbocycles. The maximum absolute atomic E-state index is 13.3. The van der Waals surface area contributed by atoms with E-state index in [1.165, 1.54) is 6.07 Å². The predicted octanol–water partition coefficient (Wildman–Crippen LogP) is 5.65. The van der Waals surface area contributed by atoms with Gasteiger partial charge in [0.05, 0.1) is 16.2 Å². The smallest absolute Gasteiger partial charge is 0.168 e. The van der Waals surface area contributed by atoms with E-state index in [2.05, 4.69) is 30.9 Å². The van der Waals surface area contributed by atoms with Crippen molar-refractivity contribution in [2.75, 3.05) is 11.4 Å². The van der Waals surface area contributed by atoms with Gasteiger partial charge in [0.1, 0.15) is 21.9 Å². The summed E-state index contributed by atoms with van der Waals surface area (Å²) in [6.07, 6.45) is 4.16. The predicted molar refractivity (Wildman–Crippen MR) is 112 cm³/mol. The summed E-state index contributed by atoms with van der Waals surface area (Å²) in [6.45, 7) is 2.63. The monoisotopic (exact) mass is 484 g/mol. The Hall–Kier alpha value is -1.70. The van der Waals surface area contributed by atoms with Crippen molar-refractivity contribution in [2.24, 2.45) is 5.92 Å². The average Bonchev–Trinajstić information content (AvgIpc) is 3.04. The molecule has 0 aliphatic carbocycles. The zero-order valence-electron chi connectivity index (χ0n) is 14.8. The summed E-state index contributed by atoms with van der Waals surface area (Å²) in [5.41, 5.74) is 1.22. The number of carbonyl (C=O) groups is 1. The van der Waals surface area contributed by atoms with Crippen LogP contribution in [-0.2, 0) is 0 Å². The highest BCUT2D eigenvalue weighted by molar-refractivity contribution is 9.10. The van der Waals surface area contributed by atoms with Gasteiger partial charge in [-0.2, -0.15) is 0 Å². The largest absolute Gasteiger partial charge is 0.353 e. The van der Waals surface area contributed by atoms with Crippen molar-refractivity contribution in [1.82, 2.24) is 15.0 Å². The summed E-state index contributed by atoms with van der Waals surface area (Å²) >= 11 is 15.6. The number of carbonyl (C=O) groups excluding carboxylic acids is 1. The molecule has 4 rings (SSSR count). The number of pyridine rings is 2. The highest BCUT2D eigenvalue weighted by Gasteiger charge is 2.33. The van der Waals surface area contributed by atoms with E-state index in [4.69, 9.17) is 23.2 Å². The fourth-order valence-electron chi connectivity index (χ4n) is 3.77. The Labute approximate surface area is 179 Å². The number of ketones is 1. The third kappa shape index (κ3) is 3.51. The summed E-state index contributed by atoms with van der Waals surface area (Å²) < 4.78 is 13.8. The number of hydrogen-bond donors (Lipinski definition) is 1. The minimum absolute atomic E-state index is 0.0409. The fraction of sp³-hybridized carbons (Fsp3) is 0.316. The summed E-state index contributed by atoms with van der Waals surface area (Å²) in [6, 6.07) is 3.05. The molecule has 28 heavy (non-hydrogen) atoms. The first-order chi connectivity index (χ1) is 13.3. The summed E-state index contributed by atoms with van der Waals surface area (Å²) in [5, 5.41) is 1.46. The van der Waals surface area contributed by atoms with Gasteiger partial charge in [0, 0.05) is 35.7 Å². The highest BCUT2D eigenvalue weighted by Crippen LogP contribution is 2.34. The van der Waals surface area contributed by atoms with E-state index in [-0.39, 0.29) is 22.8 Å². The molecule has 9 heteroatoms. The summed E-state index contributed by atoms with van der Waals surface area (Å²) in [5.74, 6) is 0.0158. The van der Waals surface area contributed by atoms with Crippen molar-refractivity contribution in [3.8, 4) is 0 Å². The Morgan fingerprint density at radius 3 is 2.86 bits per heavy atom. The molecule has 2 unspecified atom stereocenters. The van der Waals surface area contributed by atoms with E-state index < -0.39 is 5.82 Å². The molecule has 1 N–H and O–H groups in total. The van der Waals surface area contributed by atoms with Gasteiger partial charge in [-0.3, -0.25) is 4.79 Å². The van der Waals surface area contributed by atoms with Crippen LogP contribution >= 0.6 is 39.1 Å². The first-order valence-corrected chi connectivity index (χ1v) is 10.3. The molecule has 1 saturated heterocycles. The first-order valence-electron chi connectivity index (χ1n) is 8.80. The third-order valence-corrected chi connectivity index (χ3v) is 6.55. The van der Waals surface area contributed by atoms with Crippen LogP contribution in [0.25, 0.3) is 11.0 Å². The van der Waals surface area contributed by atoms with Crippen LogP contribution in [0.1, 0.15) is 30.1 Å². The standard InChI is InChI=1S/C19H16BrCl2FN4O/c1-9-4-10(2-3-27(9)19-15(22)5-11(23)7-25-19)16(28)13-8-24-18-12(13)6-14(21)17(20)26-18/h5-10H,2-4H2,1H3,(H,24,26). The van der Waals surface area contributed by atoms with Crippen LogP contribution in [0.2, 0.25) is 10.0 Å². The number of aromatic amines is 1. The molecule has 4 heterocycles. The molecular weight excluding hydrogens is 470 g/mol. The molecule has 3 aromatic heterocycles. The highest BCUT2D eigenvalue weighted by atomic mass is 79.9. The Kier molecular flexibility index (Phi) is 5.33. The number of aromatic nitrogens is 3. The first kappa shape index (κ1) is 19.6. The number of halogens is 4. The SMILES string of the molecule is CC1CC(C(=O)c2c[nH]c3nc(Br)c(Cl)cc23)CCN1c1ncc(F)cc1Cl. The normalized spacial score (nSPS) is 20.0. The maximum Gasteiger partial charge on any atom is 0.168 e. The van der Waals surface area contributed by atoms with Gasteiger partial charge in [0.15, 0.2) is 5.78 Å². The van der Waals surface area contributed by atoms with Crippen molar-refractivity contribution in [1.29, 1.82) is 0 Å². The second kappa shape index (κ2) is 7.61. The molecule has 0 spiro atoms. The number of anilines is 1. The molecule has 0 bridgehead atoms. The number of H-pyrrole nitrogens is 1.